The lowest BCUT2D eigenvalue weighted by Crippen LogP contribution is -2.32. The first-order chi connectivity index (χ1) is 7.26. The summed E-state index contributed by atoms with van der Waals surface area (Å²) in [7, 11) is 1.31. The van der Waals surface area contributed by atoms with E-state index in [0.717, 1.165) is 0 Å². The summed E-state index contributed by atoms with van der Waals surface area (Å²) < 4.78 is 9.51. The topological polar surface area (TPSA) is 64.6 Å². The molecule has 0 aromatic carbocycles. The maximum Gasteiger partial charge on any atom is 0.407 e. The molecule has 0 aliphatic heterocycles. The fourth-order valence-electron chi connectivity index (χ4n) is 0.846. The van der Waals surface area contributed by atoms with E-state index in [4.69, 9.17) is 4.74 Å². The van der Waals surface area contributed by atoms with Crippen molar-refractivity contribution in [3.05, 3.63) is 11.6 Å². The molecule has 0 unspecified atom stereocenters. The summed E-state index contributed by atoms with van der Waals surface area (Å²) in [4.78, 5) is 22.2. The SMILES string of the molecule is COC(=O)C(C)=CCNC(=O)OC(C)(C)C. The Bertz CT molecular complexity index is 289. The van der Waals surface area contributed by atoms with Gasteiger partial charge in [-0.25, -0.2) is 9.59 Å². The van der Waals surface area contributed by atoms with Crippen molar-refractivity contribution in [2.75, 3.05) is 13.7 Å². The van der Waals surface area contributed by atoms with Gasteiger partial charge in [0.05, 0.1) is 7.11 Å². The van der Waals surface area contributed by atoms with E-state index in [9.17, 15) is 9.59 Å². The van der Waals surface area contributed by atoms with Crippen molar-refractivity contribution in [1.29, 1.82) is 0 Å². The second-order valence-electron chi connectivity index (χ2n) is 4.26. The maximum absolute atomic E-state index is 11.2. The van der Waals surface area contributed by atoms with Crippen molar-refractivity contribution in [2.45, 2.75) is 33.3 Å². The summed E-state index contributed by atoms with van der Waals surface area (Å²) in [5.74, 6) is -0.411. The lowest BCUT2D eigenvalue weighted by molar-refractivity contribution is -0.136. The third-order valence-electron chi connectivity index (χ3n) is 1.56. The summed E-state index contributed by atoms with van der Waals surface area (Å²) in [5.41, 5.74) is -0.0795. The normalized spacial score (nSPS) is 11.9. The van der Waals surface area contributed by atoms with Crippen LogP contribution >= 0.6 is 0 Å². The third-order valence-corrected chi connectivity index (χ3v) is 1.56. The van der Waals surface area contributed by atoms with E-state index in [2.05, 4.69) is 10.1 Å². The Morgan fingerprint density at radius 1 is 1.31 bits per heavy atom. The van der Waals surface area contributed by atoms with Gasteiger partial charge >= 0.3 is 12.1 Å². The molecule has 5 nitrogen and oxygen atoms in total. The van der Waals surface area contributed by atoms with Gasteiger partial charge in [0.1, 0.15) is 5.60 Å². The Morgan fingerprint density at radius 3 is 2.31 bits per heavy atom. The van der Waals surface area contributed by atoms with Crippen LogP contribution in [0.2, 0.25) is 0 Å². The average molecular weight is 229 g/mol. The van der Waals surface area contributed by atoms with E-state index in [1.54, 1.807) is 33.8 Å². The zero-order chi connectivity index (χ0) is 12.8. The summed E-state index contributed by atoms with van der Waals surface area (Å²) in [6.07, 6.45) is 1.05. The minimum atomic E-state index is -0.523. The Labute approximate surface area is 95.8 Å². The minimum absolute atomic E-state index is 0.232. The number of hydrogen-bond acceptors (Lipinski definition) is 4. The second kappa shape index (κ2) is 6.15. The molecule has 0 rings (SSSR count). The highest BCUT2D eigenvalue weighted by Crippen LogP contribution is 2.06. The van der Waals surface area contributed by atoms with Crippen LogP contribution in [0.4, 0.5) is 4.79 Å². The molecule has 0 aromatic rings. The van der Waals surface area contributed by atoms with Crippen molar-refractivity contribution in [2.24, 2.45) is 0 Å². The molecule has 0 radical (unpaired) electrons. The highest BCUT2D eigenvalue weighted by molar-refractivity contribution is 5.87. The molecule has 0 atom stereocenters. The standard InChI is InChI=1S/C11H19NO4/c1-8(9(13)15-5)6-7-12-10(14)16-11(2,3)4/h6H,7H2,1-5H3,(H,12,14). The number of amides is 1. The minimum Gasteiger partial charge on any atom is -0.466 e. The molecule has 0 heterocycles. The number of ether oxygens (including phenoxy) is 2. The maximum atomic E-state index is 11.2. The highest BCUT2D eigenvalue weighted by Gasteiger charge is 2.15. The van der Waals surface area contributed by atoms with Gasteiger partial charge in [-0.2, -0.15) is 0 Å². The van der Waals surface area contributed by atoms with E-state index in [1.807, 2.05) is 0 Å². The van der Waals surface area contributed by atoms with Crippen molar-refractivity contribution in [3.63, 3.8) is 0 Å². The number of methoxy groups -OCH3 is 1. The Balaban J connectivity index is 3.99. The molecule has 1 amide bonds. The summed E-state index contributed by atoms with van der Waals surface area (Å²) in [6.45, 7) is 7.19. The molecule has 0 aromatic heterocycles. The Hall–Kier alpha value is -1.52. The first-order valence-electron chi connectivity index (χ1n) is 4.98. The molecule has 0 aliphatic rings. The van der Waals surface area contributed by atoms with Gasteiger partial charge in [-0.3, -0.25) is 0 Å². The fourth-order valence-corrected chi connectivity index (χ4v) is 0.846. The van der Waals surface area contributed by atoms with Gasteiger partial charge in [0, 0.05) is 12.1 Å². The van der Waals surface area contributed by atoms with Gasteiger partial charge < -0.3 is 14.8 Å². The monoisotopic (exact) mass is 229 g/mol. The van der Waals surface area contributed by atoms with Gasteiger partial charge in [0.15, 0.2) is 0 Å². The molecular formula is C11H19NO4. The number of rotatable bonds is 3. The zero-order valence-corrected chi connectivity index (χ0v) is 10.4. The Morgan fingerprint density at radius 2 is 1.88 bits per heavy atom. The quantitative estimate of drug-likeness (QED) is 0.590. The van der Waals surface area contributed by atoms with Crippen LogP contribution < -0.4 is 5.32 Å². The van der Waals surface area contributed by atoms with E-state index >= 15 is 0 Å². The zero-order valence-electron chi connectivity index (χ0n) is 10.4. The van der Waals surface area contributed by atoms with E-state index in [0.29, 0.717) is 5.57 Å². The number of nitrogens with one attached hydrogen (secondary N) is 1. The van der Waals surface area contributed by atoms with Gasteiger partial charge in [-0.05, 0) is 27.7 Å². The largest absolute Gasteiger partial charge is 0.466 e. The van der Waals surface area contributed by atoms with E-state index in [-0.39, 0.29) is 6.54 Å². The summed E-state index contributed by atoms with van der Waals surface area (Å²) in [5, 5.41) is 2.50. The van der Waals surface area contributed by atoms with Crippen LogP contribution in [0.15, 0.2) is 11.6 Å². The molecule has 0 bridgehead atoms. The van der Waals surface area contributed by atoms with E-state index < -0.39 is 17.7 Å². The van der Waals surface area contributed by atoms with Crippen LogP contribution in [0.5, 0.6) is 0 Å². The first-order valence-corrected chi connectivity index (χ1v) is 4.98. The van der Waals surface area contributed by atoms with Crippen LogP contribution in [0.25, 0.3) is 0 Å². The number of esters is 1. The smallest absolute Gasteiger partial charge is 0.407 e. The van der Waals surface area contributed by atoms with Crippen molar-refractivity contribution < 1.29 is 19.1 Å². The molecular weight excluding hydrogens is 210 g/mol. The number of carbonyl (C=O) groups is 2. The number of alkyl carbamates (subject to hydrolysis) is 1. The molecule has 0 aliphatic carbocycles. The molecule has 1 N–H and O–H groups in total. The molecule has 0 saturated carbocycles. The van der Waals surface area contributed by atoms with Crippen LogP contribution in [0.3, 0.4) is 0 Å². The Kier molecular flexibility index (Phi) is 5.56. The lowest BCUT2D eigenvalue weighted by Gasteiger charge is -2.19. The third kappa shape index (κ3) is 6.86. The second-order valence-corrected chi connectivity index (χ2v) is 4.26. The average Bonchev–Trinajstić information content (AvgIpc) is 2.13. The van der Waals surface area contributed by atoms with Crippen molar-refractivity contribution >= 4 is 12.1 Å². The van der Waals surface area contributed by atoms with Crippen LogP contribution in [-0.4, -0.2) is 31.3 Å². The molecule has 16 heavy (non-hydrogen) atoms. The molecule has 0 fully saturated rings. The summed E-state index contributed by atoms with van der Waals surface area (Å²) in [6, 6.07) is 0. The van der Waals surface area contributed by atoms with Gasteiger partial charge in [0.2, 0.25) is 0 Å². The fraction of sp³-hybridized carbons (Fsp3) is 0.636. The van der Waals surface area contributed by atoms with E-state index in [1.165, 1.54) is 7.11 Å². The first kappa shape index (κ1) is 14.5. The number of carbonyl (C=O) groups excluding carboxylic acids is 2. The summed E-state index contributed by atoms with van der Waals surface area (Å²) >= 11 is 0. The van der Waals surface area contributed by atoms with Gasteiger partial charge in [0.25, 0.3) is 0 Å². The predicted molar refractivity (Wildman–Crippen MR) is 60.0 cm³/mol. The molecule has 0 spiro atoms. The van der Waals surface area contributed by atoms with Crippen LogP contribution in [0.1, 0.15) is 27.7 Å². The van der Waals surface area contributed by atoms with Gasteiger partial charge in [-0.1, -0.05) is 6.08 Å². The molecule has 5 heteroatoms. The lowest BCUT2D eigenvalue weighted by atomic mass is 10.2. The van der Waals surface area contributed by atoms with Crippen LogP contribution in [-0.2, 0) is 14.3 Å². The van der Waals surface area contributed by atoms with Crippen LogP contribution in [0, 0.1) is 0 Å². The molecule has 0 saturated heterocycles. The predicted octanol–water partition coefficient (Wildman–Crippen LogP) is 1.63. The highest BCUT2D eigenvalue weighted by atomic mass is 16.6. The number of hydrogen-bond donors (Lipinski definition) is 1. The molecule has 92 valence electrons. The van der Waals surface area contributed by atoms with Crippen molar-refractivity contribution in [3.8, 4) is 0 Å². The van der Waals surface area contributed by atoms with Crippen molar-refractivity contribution in [1.82, 2.24) is 5.32 Å². The van der Waals surface area contributed by atoms with Gasteiger partial charge in [-0.15, -0.1) is 0 Å².